The van der Waals surface area contributed by atoms with E-state index in [1.807, 2.05) is 0 Å². The van der Waals surface area contributed by atoms with Crippen molar-refractivity contribution in [2.24, 2.45) is 17.8 Å². The van der Waals surface area contributed by atoms with E-state index in [2.05, 4.69) is 6.92 Å². The topological polar surface area (TPSA) is 72.9 Å². The fourth-order valence-electron chi connectivity index (χ4n) is 4.22. The van der Waals surface area contributed by atoms with Gasteiger partial charge in [-0.1, -0.05) is 13.0 Å². The average Bonchev–Trinajstić information content (AvgIpc) is 2.98. The van der Waals surface area contributed by atoms with Crippen LogP contribution in [0, 0.1) is 17.8 Å². The van der Waals surface area contributed by atoms with Crippen molar-refractivity contribution < 1.29 is 23.9 Å². The van der Waals surface area contributed by atoms with Gasteiger partial charge in [0.15, 0.2) is 0 Å². The van der Waals surface area contributed by atoms with Gasteiger partial charge in [-0.3, -0.25) is 14.5 Å². The van der Waals surface area contributed by atoms with Gasteiger partial charge in [0, 0.05) is 0 Å². The molecule has 1 aliphatic heterocycles. The number of amides is 2. The summed E-state index contributed by atoms with van der Waals surface area (Å²) in [5.74, 6) is 0.210. The van der Waals surface area contributed by atoms with E-state index in [-0.39, 0.29) is 23.7 Å². The van der Waals surface area contributed by atoms with Gasteiger partial charge >= 0.3 is 5.97 Å². The summed E-state index contributed by atoms with van der Waals surface area (Å²) < 4.78 is 10.5. The molecule has 6 nitrogen and oxygen atoms in total. The van der Waals surface area contributed by atoms with Gasteiger partial charge < -0.3 is 9.47 Å². The van der Waals surface area contributed by atoms with Crippen LogP contribution in [-0.2, 0) is 9.59 Å². The van der Waals surface area contributed by atoms with Crippen LogP contribution in [-0.4, -0.2) is 24.9 Å². The van der Waals surface area contributed by atoms with Crippen LogP contribution in [0.25, 0.3) is 0 Å². The third kappa shape index (κ3) is 3.62. The van der Waals surface area contributed by atoms with Gasteiger partial charge in [-0.25, -0.2) is 4.79 Å². The van der Waals surface area contributed by atoms with Crippen molar-refractivity contribution in [1.29, 1.82) is 0 Å². The molecule has 2 aromatic rings. The minimum atomic E-state index is -0.509. The van der Waals surface area contributed by atoms with Crippen molar-refractivity contribution in [2.45, 2.75) is 26.2 Å². The van der Waals surface area contributed by atoms with Crippen LogP contribution >= 0.6 is 0 Å². The van der Waals surface area contributed by atoms with Crippen LogP contribution in [0.1, 0.15) is 36.5 Å². The molecule has 2 aliphatic rings. The molecule has 0 N–H and O–H groups in total. The van der Waals surface area contributed by atoms with Crippen molar-refractivity contribution in [3.05, 3.63) is 54.1 Å². The number of benzene rings is 2. The van der Waals surface area contributed by atoms with E-state index < -0.39 is 5.97 Å². The number of nitrogens with zero attached hydrogens (tertiary/aromatic N) is 1. The van der Waals surface area contributed by atoms with Crippen molar-refractivity contribution >= 4 is 23.5 Å². The zero-order chi connectivity index (χ0) is 20.5. The van der Waals surface area contributed by atoms with Crippen LogP contribution in [0.2, 0.25) is 0 Å². The van der Waals surface area contributed by atoms with Gasteiger partial charge in [0.05, 0.1) is 30.2 Å². The van der Waals surface area contributed by atoms with Gasteiger partial charge in [-0.2, -0.15) is 0 Å². The summed E-state index contributed by atoms with van der Waals surface area (Å²) in [4.78, 5) is 39.2. The second-order valence-corrected chi connectivity index (χ2v) is 7.76. The maximum Gasteiger partial charge on any atom is 0.343 e. The summed E-state index contributed by atoms with van der Waals surface area (Å²) in [6.45, 7) is 2.13. The number of fused-ring (bicyclic) bond motifs is 1. The zero-order valence-corrected chi connectivity index (χ0v) is 16.5. The van der Waals surface area contributed by atoms with Crippen LogP contribution < -0.4 is 14.4 Å². The molecule has 1 heterocycles. The zero-order valence-electron chi connectivity index (χ0n) is 16.5. The Morgan fingerprint density at radius 1 is 0.966 bits per heavy atom. The molecule has 3 unspecified atom stereocenters. The number of carbonyl (C=O) groups is 3. The van der Waals surface area contributed by atoms with E-state index in [0.29, 0.717) is 28.7 Å². The molecule has 0 aromatic heterocycles. The van der Waals surface area contributed by atoms with Gasteiger partial charge in [0.25, 0.3) is 0 Å². The fourth-order valence-corrected chi connectivity index (χ4v) is 4.22. The van der Waals surface area contributed by atoms with E-state index >= 15 is 0 Å². The molecule has 0 spiro atoms. The van der Waals surface area contributed by atoms with E-state index in [9.17, 15) is 14.4 Å². The first-order chi connectivity index (χ1) is 14.0. The van der Waals surface area contributed by atoms with Crippen LogP contribution in [0.4, 0.5) is 5.69 Å². The number of hydrogen-bond acceptors (Lipinski definition) is 5. The van der Waals surface area contributed by atoms with Crippen molar-refractivity contribution in [2.75, 3.05) is 12.0 Å². The highest BCUT2D eigenvalue weighted by Crippen LogP contribution is 2.42. The quantitative estimate of drug-likeness (QED) is 0.448. The maximum absolute atomic E-state index is 12.8. The van der Waals surface area contributed by atoms with Gasteiger partial charge in [-0.15, -0.1) is 0 Å². The number of ether oxygens (including phenoxy) is 2. The molecule has 2 fully saturated rings. The first-order valence-electron chi connectivity index (χ1n) is 9.82. The number of rotatable bonds is 4. The Labute approximate surface area is 169 Å². The Morgan fingerprint density at radius 2 is 1.69 bits per heavy atom. The maximum atomic E-state index is 12.8. The first-order valence-corrected chi connectivity index (χ1v) is 9.82. The summed E-state index contributed by atoms with van der Waals surface area (Å²) in [5, 5.41) is 0. The molecule has 150 valence electrons. The number of hydrogen-bond donors (Lipinski definition) is 0. The molecule has 2 aromatic carbocycles. The lowest BCUT2D eigenvalue weighted by atomic mass is 9.76. The highest BCUT2D eigenvalue weighted by molar-refractivity contribution is 6.22. The Balaban J connectivity index is 1.48. The molecule has 3 atom stereocenters. The monoisotopic (exact) mass is 393 g/mol. The molecule has 0 radical (unpaired) electrons. The predicted molar refractivity (Wildman–Crippen MR) is 107 cm³/mol. The second-order valence-electron chi connectivity index (χ2n) is 7.76. The molecular weight excluding hydrogens is 370 g/mol. The van der Waals surface area contributed by atoms with E-state index in [1.54, 1.807) is 48.5 Å². The van der Waals surface area contributed by atoms with E-state index in [4.69, 9.17) is 9.47 Å². The minimum Gasteiger partial charge on any atom is -0.497 e. The molecule has 2 amide bonds. The Hall–Kier alpha value is -3.15. The third-order valence-corrected chi connectivity index (χ3v) is 5.80. The van der Waals surface area contributed by atoms with Crippen molar-refractivity contribution in [3.63, 3.8) is 0 Å². The summed E-state index contributed by atoms with van der Waals surface area (Å²) in [6.07, 6.45) is 2.51. The molecule has 29 heavy (non-hydrogen) atoms. The first kappa shape index (κ1) is 19.2. The molecule has 6 heteroatoms. The predicted octanol–water partition coefficient (Wildman–Crippen LogP) is 3.84. The van der Waals surface area contributed by atoms with Crippen LogP contribution in [0.15, 0.2) is 48.5 Å². The van der Waals surface area contributed by atoms with Crippen molar-refractivity contribution in [1.82, 2.24) is 0 Å². The van der Waals surface area contributed by atoms with E-state index in [0.717, 1.165) is 19.3 Å². The molecule has 4 rings (SSSR count). The lowest BCUT2D eigenvalue weighted by molar-refractivity contribution is -0.122. The minimum absolute atomic E-state index is 0.118. The number of imide groups is 1. The normalized spacial score (nSPS) is 23.7. The molecule has 1 aliphatic carbocycles. The lowest BCUT2D eigenvalue weighted by Crippen LogP contribution is -2.30. The Kier molecular flexibility index (Phi) is 5.09. The molecule has 1 saturated carbocycles. The highest BCUT2D eigenvalue weighted by Gasteiger charge is 2.49. The highest BCUT2D eigenvalue weighted by atomic mass is 16.5. The summed E-state index contributed by atoms with van der Waals surface area (Å²) in [6, 6.07) is 13.2. The summed E-state index contributed by atoms with van der Waals surface area (Å²) in [5.41, 5.74) is 0.889. The number of methoxy groups -OCH3 is 1. The standard InChI is InChI=1S/C23H23NO5/c1-14-6-11-19-20(12-14)22(26)24(21(19)25)16-7-9-17(10-8-16)29-23(27)15-4-3-5-18(13-15)28-2/h3-5,7-10,13-14,19-20H,6,11-12H2,1-2H3. The van der Waals surface area contributed by atoms with Crippen molar-refractivity contribution in [3.8, 4) is 11.5 Å². The molecule has 0 bridgehead atoms. The SMILES string of the molecule is COc1cccc(C(=O)Oc2ccc(N3C(=O)C4CCC(C)CC4C3=O)cc2)c1. The van der Waals surface area contributed by atoms with Gasteiger partial charge in [0.1, 0.15) is 11.5 Å². The average molecular weight is 393 g/mol. The van der Waals surface area contributed by atoms with Crippen LogP contribution in [0.5, 0.6) is 11.5 Å². The van der Waals surface area contributed by atoms with Gasteiger partial charge in [-0.05, 0) is 67.6 Å². The smallest absolute Gasteiger partial charge is 0.343 e. The fraction of sp³-hybridized carbons (Fsp3) is 0.348. The largest absolute Gasteiger partial charge is 0.497 e. The van der Waals surface area contributed by atoms with E-state index in [1.165, 1.54) is 12.0 Å². The Morgan fingerprint density at radius 3 is 2.41 bits per heavy atom. The number of esters is 1. The van der Waals surface area contributed by atoms with Gasteiger partial charge in [0.2, 0.25) is 11.8 Å². The Bertz CT molecular complexity index is 952. The summed E-state index contributed by atoms with van der Waals surface area (Å²) >= 11 is 0. The number of carbonyl (C=O) groups excluding carboxylic acids is 3. The summed E-state index contributed by atoms with van der Waals surface area (Å²) in [7, 11) is 1.53. The number of anilines is 1. The third-order valence-electron chi connectivity index (χ3n) is 5.80. The molecule has 1 saturated heterocycles. The lowest BCUT2D eigenvalue weighted by Gasteiger charge is -2.25. The molecular formula is C23H23NO5. The van der Waals surface area contributed by atoms with Crippen LogP contribution in [0.3, 0.4) is 0 Å². The second kappa shape index (κ2) is 7.70.